The summed E-state index contributed by atoms with van der Waals surface area (Å²) in [5, 5.41) is 30.6. The van der Waals surface area contributed by atoms with Crippen LogP contribution in [0.3, 0.4) is 0 Å². The van der Waals surface area contributed by atoms with E-state index in [1.54, 1.807) is 0 Å². The molecule has 1 aliphatic rings. The molecule has 152 valence electrons. The third-order valence-electron chi connectivity index (χ3n) is 5.73. The topological polar surface area (TPSA) is 94.1 Å². The number of phenols is 2. The second-order valence-electron chi connectivity index (χ2n) is 7.47. The van der Waals surface area contributed by atoms with Gasteiger partial charge in [0.15, 0.2) is 5.43 Å². The number of aliphatic hydroxyl groups is 1. The van der Waals surface area contributed by atoms with Gasteiger partial charge in [0.1, 0.15) is 28.2 Å². The van der Waals surface area contributed by atoms with E-state index in [1.807, 2.05) is 31.3 Å². The Labute approximate surface area is 176 Å². The Kier molecular flexibility index (Phi) is 5.38. The molecular formula is C22H22BrNO5. The van der Waals surface area contributed by atoms with Crippen molar-refractivity contribution in [3.63, 3.8) is 0 Å². The van der Waals surface area contributed by atoms with E-state index < -0.39 is 0 Å². The number of aliphatic hydroxyl groups excluding tert-OH is 1. The van der Waals surface area contributed by atoms with Crippen molar-refractivity contribution < 1.29 is 19.7 Å². The molecule has 1 aromatic heterocycles. The van der Waals surface area contributed by atoms with Gasteiger partial charge in [0.2, 0.25) is 0 Å². The summed E-state index contributed by atoms with van der Waals surface area (Å²) < 4.78 is 6.97. The molecule has 7 heteroatoms. The maximum Gasteiger partial charge on any atom is 0.197 e. The van der Waals surface area contributed by atoms with Crippen LogP contribution in [0.15, 0.2) is 50.1 Å². The molecule has 3 N–H and O–H groups in total. The summed E-state index contributed by atoms with van der Waals surface area (Å²) in [7, 11) is 1.98. The maximum absolute atomic E-state index is 12.9. The predicted molar refractivity (Wildman–Crippen MR) is 114 cm³/mol. The van der Waals surface area contributed by atoms with Gasteiger partial charge in [0, 0.05) is 46.3 Å². The zero-order valence-electron chi connectivity index (χ0n) is 15.9. The normalized spacial score (nSPS) is 19.8. The lowest BCUT2D eigenvalue weighted by Gasteiger charge is -2.25. The van der Waals surface area contributed by atoms with E-state index in [-0.39, 0.29) is 46.5 Å². The average Bonchev–Trinajstić information content (AvgIpc) is 3.02. The molecule has 2 heterocycles. The van der Waals surface area contributed by atoms with Gasteiger partial charge in [-0.15, -0.1) is 0 Å². The van der Waals surface area contributed by atoms with Crippen molar-refractivity contribution in [3.05, 3.63) is 56.7 Å². The Balaban J connectivity index is 1.98. The number of likely N-dealkylation sites (tertiary alicyclic amines) is 1. The molecule has 1 saturated heterocycles. The third-order valence-corrected chi connectivity index (χ3v) is 6.22. The molecule has 29 heavy (non-hydrogen) atoms. The highest BCUT2D eigenvalue weighted by Gasteiger charge is 2.36. The molecule has 6 nitrogen and oxygen atoms in total. The number of aromatic hydroxyl groups is 2. The van der Waals surface area contributed by atoms with Crippen LogP contribution >= 0.6 is 15.9 Å². The number of hydrogen-bond donors (Lipinski definition) is 3. The molecule has 0 radical (unpaired) electrons. The summed E-state index contributed by atoms with van der Waals surface area (Å²) in [6, 6.07) is 9.95. The summed E-state index contributed by atoms with van der Waals surface area (Å²) in [4.78, 5) is 15.0. The fourth-order valence-electron chi connectivity index (χ4n) is 4.36. The Morgan fingerprint density at radius 1 is 1.21 bits per heavy atom. The standard InChI is InChI=1S/C22H22BrNO5/c1-24-7-5-14(15(24)6-8-25)20-16(26)10-17(27)21-18(28)11-19(29-22(20)21)12-3-2-4-13(23)9-12/h2-4,9-11,14-15,25-27H,5-8H2,1H3/t14-,15+/m1/s1. The lowest BCUT2D eigenvalue weighted by molar-refractivity contribution is 0.211. The van der Waals surface area contributed by atoms with Crippen LogP contribution in [-0.2, 0) is 0 Å². The van der Waals surface area contributed by atoms with Crippen molar-refractivity contribution >= 4 is 26.9 Å². The highest BCUT2D eigenvalue weighted by molar-refractivity contribution is 9.10. The van der Waals surface area contributed by atoms with E-state index >= 15 is 0 Å². The molecule has 4 rings (SSSR count). The first-order valence-electron chi connectivity index (χ1n) is 9.50. The van der Waals surface area contributed by atoms with Gasteiger partial charge in [-0.2, -0.15) is 0 Å². The smallest absolute Gasteiger partial charge is 0.197 e. The fourth-order valence-corrected chi connectivity index (χ4v) is 4.76. The molecule has 0 amide bonds. The fraction of sp³-hybridized carbons (Fsp3) is 0.318. The molecule has 0 spiro atoms. The molecule has 2 aromatic carbocycles. The second kappa shape index (κ2) is 7.82. The van der Waals surface area contributed by atoms with Gasteiger partial charge in [0.25, 0.3) is 0 Å². The molecule has 0 bridgehead atoms. The number of fused-ring (bicyclic) bond motifs is 1. The van der Waals surface area contributed by atoms with E-state index in [9.17, 15) is 20.1 Å². The van der Waals surface area contributed by atoms with Crippen LogP contribution < -0.4 is 5.43 Å². The monoisotopic (exact) mass is 459 g/mol. The molecule has 3 aromatic rings. The first-order valence-corrected chi connectivity index (χ1v) is 10.3. The quantitative estimate of drug-likeness (QED) is 0.549. The van der Waals surface area contributed by atoms with Gasteiger partial charge in [0.05, 0.1) is 0 Å². The van der Waals surface area contributed by atoms with E-state index in [4.69, 9.17) is 4.42 Å². The van der Waals surface area contributed by atoms with Gasteiger partial charge in [-0.05, 0) is 38.6 Å². The van der Waals surface area contributed by atoms with Gasteiger partial charge < -0.3 is 24.6 Å². The van der Waals surface area contributed by atoms with Crippen LogP contribution in [0.2, 0.25) is 0 Å². The van der Waals surface area contributed by atoms with E-state index in [0.29, 0.717) is 23.3 Å². The summed E-state index contributed by atoms with van der Waals surface area (Å²) in [6.45, 7) is 0.822. The van der Waals surface area contributed by atoms with Crippen molar-refractivity contribution in [2.45, 2.75) is 24.8 Å². The Morgan fingerprint density at radius 3 is 2.72 bits per heavy atom. The van der Waals surface area contributed by atoms with Gasteiger partial charge in [-0.3, -0.25) is 4.79 Å². The number of hydrogen-bond acceptors (Lipinski definition) is 6. The van der Waals surface area contributed by atoms with Gasteiger partial charge in [-0.1, -0.05) is 28.1 Å². The maximum atomic E-state index is 12.9. The zero-order chi connectivity index (χ0) is 20.7. The van der Waals surface area contributed by atoms with Crippen molar-refractivity contribution in [2.75, 3.05) is 20.2 Å². The largest absolute Gasteiger partial charge is 0.507 e. The molecule has 0 unspecified atom stereocenters. The molecular weight excluding hydrogens is 438 g/mol. The van der Waals surface area contributed by atoms with Crippen molar-refractivity contribution in [1.29, 1.82) is 0 Å². The molecule has 1 aliphatic heterocycles. The third kappa shape index (κ3) is 3.54. The highest BCUT2D eigenvalue weighted by atomic mass is 79.9. The lowest BCUT2D eigenvalue weighted by atomic mass is 9.87. The number of phenolic OH excluding ortho intramolecular Hbond substituents is 2. The molecule has 1 fully saturated rings. The summed E-state index contributed by atoms with van der Waals surface area (Å²) in [5.74, 6) is -0.176. The SMILES string of the molecule is CN1CC[C@@H](c2c(O)cc(O)c3c(=O)cc(-c4cccc(Br)c4)oc23)[C@@H]1CCO. The minimum Gasteiger partial charge on any atom is -0.507 e. The van der Waals surface area contributed by atoms with E-state index in [0.717, 1.165) is 17.4 Å². The van der Waals surface area contributed by atoms with Gasteiger partial charge in [-0.25, -0.2) is 0 Å². The van der Waals surface area contributed by atoms with Crippen LogP contribution in [0, 0.1) is 0 Å². The van der Waals surface area contributed by atoms with Crippen molar-refractivity contribution in [2.24, 2.45) is 0 Å². The molecule has 0 saturated carbocycles. The first-order chi connectivity index (χ1) is 13.9. The number of nitrogens with zero attached hydrogens (tertiary/aromatic N) is 1. The van der Waals surface area contributed by atoms with Gasteiger partial charge >= 0.3 is 0 Å². The van der Waals surface area contributed by atoms with Crippen LogP contribution in [0.1, 0.15) is 24.3 Å². The van der Waals surface area contributed by atoms with Crippen LogP contribution in [-0.4, -0.2) is 46.5 Å². The van der Waals surface area contributed by atoms with Crippen LogP contribution in [0.5, 0.6) is 11.5 Å². The number of halogens is 1. The minimum atomic E-state index is -0.370. The molecule has 0 aliphatic carbocycles. The highest BCUT2D eigenvalue weighted by Crippen LogP contribution is 2.45. The van der Waals surface area contributed by atoms with E-state index in [1.165, 1.54) is 12.1 Å². The van der Waals surface area contributed by atoms with Crippen LogP contribution in [0.25, 0.3) is 22.3 Å². The minimum absolute atomic E-state index is 0.00142. The van der Waals surface area contributed by atoms with E-state index in [2.05, 4.69) is 20.8 Å². The summed E-state index contributed by atoms with van der Waals surface area (Å²) >= 11 is 3.42. The number of benzene rings is 2. The lowest BCUT2D eigenvalue weighted by Crippen LogP contribution is -2.29. The number of likely N-dealkylation sites (N-methyl/N-ethyl adjacent to an activating group) is 1. The average molecular weight is 460 g/mol. The Hall–Kier alpha value is -2.35. The Morgan fingerprint density at radius 2 is 2.00 bits per heavy atom. The van der Waals surface area contributed by atoms with Crippen LogP contribution in [0.4, 0.5) is 0 Å². The van der Waals surface area contributed by atoms with Crippen molar-refractivity contribution in [3.8, 4) is 22.8 Å². The van der Waals surface area contributed by atoms with Crippen molar-refractivity contribution in [1.82, 2.24) is 4.90 Å². The molecule has 2 atom stereocenters. The first kappa shape index (κ1) is 19.9. The Bertz CT molecular complexity index is 1130. The second-order valence-corrected chi connectivity index (χ2v) is 8.39. The zero-order valence-corrected chi connectivity index (χ0v) is 17.5. The summed E-state index contributed by atoms with van der Waals surface area (Å²) in [5.41, 5.74) is 1.05. The predicted octanol–water partition coefficient (Wildman–Crippen LogP) is 3.80. The number of rotatable bonds is 4. The summed E-state index contributed by atoms with van der Waals surface area (Å²) in [6.07, 6.45) is 1.29.